The van der Waals surface area contributed by atoms with Gasteiger partial charge in [0.1, 0.15) is 0 Å². The van der Waals surface area contributed by atoms with E-state index in [0.29, 0.717) is 18.7 Å². The van der Waals surface area contributed by atoms with Gasteiger partial charge in [-0.2, -0.15) is 0 Å². The van der Waals surface area contributed by atoms with E-state index in [-0.39, 0.29) is 29.9 Å². The van der Waals surface area contributed by atoms with Crippen molar-refractivity contribution in [2.24, 2.45) is 4.99 Å². The number of nitrogens with one attached hydrogen (secondary N) is 2. The van der Waals surface area contributed by atoms with E-state index in [4.69, 9.17) is 0 Å². The topological polar surface area (TPSA) is 56.7 Å². The molecule has 0 fully saturated rings. The highest BCUT2D eigenvalue weighted by Gasteiger charge is 2.08. The monoisotopic (exact) mass is 544 g/mol. The summed E-state index contributed by atoms with van der Waals surface area (Å²) in [4.78, 5) is 18.4. The summed E-state index contributed by atoms with van der Waals surface area (Å²) < 4.78 is 1.07. The van der Waals surface area contributed by atoms with Gasteiger partial charge in [-0.1, -0.05) is 40.2 Å². The Morgan fingerprint density at radius 1 is 1.11 bits per heavy atom. The lowest BCUT2D eigenvalue weighted by Crippen LogP contribution is -2.38. The van der Waals surface area contributed by atoms with Crippen LogP contribution in [-0.2, 0) is 13.1 Å². The summed E-state index contributed by atoms with van der Waals surface area (Å²) in [6, 6.07) is 15.9. The Labute approximate surface area is 186 Å². The van der Waals surface area contributed by atoms with Crippen molar-refractivity contribution in [3.63, 3.8) is 0 Å². The minimum atomic E-state index is -0.0499. The molecule has 0 spiro atoms. The fourth-order valence-corrected chi connectivity index (χ4v) is 2.85. The molecule has 0 aromatic heterocycles. The molecule has 0 heterocycles. The highest BCUT2D eigenvalue weighted by atomic mass is 127. The molecule has 2 rings (SSSR count). The van der Waals surface area contributed by atoms with Crippen molar-refractivity contribution < 1.29 is 4.79 Å². The van der Waals surface area contributed by atoms with Crippen LogP contribution in [-0.4, -0.2) is 37.4 Å². The Balaban J connectivity index is 0.00000364. The number of carbonyl (C=O) groups is 1. The molecule has 0 unspecified atom stereocenters. The lowest BCUT2D eigenvalue weighted by Gasteiger charge is -2.22. The van der Waals surface area contributed by atoms with E-state index in [1.807, 2.05) is 50.4 Å². The first-order valence-corrected chi connectivity index (χ1v) is 9.36. The maximum Gasteiger partial charge on any atom is 0.251 e. The summed E-state index contributed by atoms with van der Waals surface area (Å²) in [6.45, 7) is 3.89. The quantitative estimate of drug-likeness (QED) is 0.328. The van der Waals surface area contributed by atoms with E-state index < -0.39 is 0 Å². The second-order valence-corrected chi connectivity index (χ2v) is 6.86. The number of aliphatic imine (C=N–C) groups is 1. The summed E-state index contributed by atoms with van der Waals surface area (Å²) >= 11 is 3.45. The second-order valence-electron chi connectivity index (χ2n) is 5.94. The van der Waals surface area contributed by atoms with Gasteiger partial charge in [0.2, 0.25) is 0 Å². The van der Waals surface area contributed by atoms with Gasteiger partial charge >= 0.3 is 0 Å². The third-order valence-electron chi connectivity index (χ3n) is 3.88. The van der Waals surface area contributed by atoms with E-state index in [9.17, 15) is 4.79 Å². The minimum Gasteiger partial charge on any atom is -0.352 e. The first-order chi connectivity index (χ1) is 12.5. The molecule has 0 aliphatic heterocycles. The fourth-order valence-electron chi connectivity index (χ4n) is 2.59. The summed E-state index contributed by atoms with van der Waals surface area (Å²) in [6.07, 6.45) is 0. The predicted molar refractivity (Wildman–Crippen MR) is 126 cm³/mol. The SMILES string of the molecule is CCNC(=O)c1cccc(CNC(=NC)N(C)Cc2ccc(Br)cc2)c1.I. The van der Waals surface area contributed by atoms with Crippen molar-refractivity contribution in [2.45, 2.75) is 20.0 Å². The zero-order chi connectivity index (χ0) is 18.9. The Bertz CT molecular complexity index is 765. The van der Waals surface area contributed by atoms with Gasteiger partial charge in [0, 0.05) is 43.8 Å². The highest BCUT2D eigenvalue weighted by molar-refractivity contribution is 14.0. The molecule has 0 aliphatic rings. The number of rotatable bonds is 6. The van der Waals surface area contributed by atoms with Crippen LogP contribution in [0.4, 0.5) is 0 Å². The molecular formula is C20H26BrIN4O. The largest absolute Gasteiger partial charge is 0.352 e. The highest BCUT2D eigenvalue weighted by Crippen LogP contribution is 2.12. The Hall–Kier alpha value is -1.61. The van der Waals surface area contributed by atoms with E-state index in [1.54, 1.807) is 7.05 Å². The fraction of sp³-hybridized carbons (Fsp3) is 0.300. The molecule has 2 aromatic carbocycles. The zero-order valence-corrected chi connectivity index (χ0v) is 19.7. The van der Waals surface area contributed by atoms with Gasteiger partial charge < -0.3 is 15.5 Å². The molecule has 5 nitrogen and oxygen atoms in total. The van der Waals surface area contributed by atoms with E-state index in [2.05, 4.69) is 48.6 Å². The van der Waals surface area contributed by atoms with Crippen LogP contribution in [0.1, 0.15) is 28.4 Å². The molecule has 1 amide bonds. The summed E-state index contributed by atoms with van der Waals surface area (Å²) in [5.74, 6) is 0.752. The molecule has 0 aliphatic carbocycles. The molecule has 7 heteroatoms. The number of halogens is 2. The summed E-state index contributed by atoms with van der Waals surface area (Å²) in [7, 11) is 3.77. The van der Waals surface area contributed by atoms with Gasteiger partial charge in [0.05, 0.1) is 0 Å². The molecule has 0 saturated carbocycles. The van der Waals surface area contributed by atoms with E-state index in [0.717, 1.165) is 22.5 Å². The van der Waals surface area contributed by atoms with Crippen molar-refractivity contribution in [1.29, 1.82) is 0 Å². The lowest BCUT2D eigenvalue weighted by atomic mass is 10.1. The Morgan fingerprint density at radius 2 is 1.81 bits per heavy atom. The maximum atomic E-state index is 12.0. The van der Waals surface area contributed by atoms with Gasteiger partial charge in [-0.3, -0.25) is 9.79 Å². The molecule has 27 heavy (non-hydrogen) atoms. The van der Waals surface area contributed by atoms with Gasteiger partial charge in [-0.15, -0.1) is 24.0 Å². The molecule has 2 aromatic rings. The molecule has 2 N–H and O–H groups in total. The number of hydrogen-bond donors (Lipinski definition) is 2. The van der Waals surface area contributed by atoms with Crippen LogP contribution in [0.15, 0.2) is 58.0 Å². The first kappa shape index (κ1) is 23.4. The van der Waals surface area contributed by atoms with Crippen LogP contribution in [0.3, 0.4) is 0 Å². The number of carbonyl (C=O) groups excluding carboxylic acids is 1. The summed E-state index contributed by atoms with van der Waals surface area (Å²) in [5, 5.41) is 6.17. The molecule has 0 radical (unpaired) electrons. The number of hydrogen-bond acceptors (Lipinski definition) is 2. The first-order valence-electron chi connectivity index (χ1n) is 8.57. The smallest absolute Gasteiger partial charge is 0.251 e. The lowest BCUT2D eigenvalue weighted by molar-refractivity contribution is 0.0955. The minimum absolute atomic E-state index is 0. The van der Waals surface area contributed by atoms with Crippen molar-refractivity contribution in [3.05, 3.63) is 69.7 Å². The molecule has 0 saturated heterocycles. The van der Waals surface area contributed by atoms with Crippen LogP contribution in [0.25, 0.3) is 0 Å². The second kappa shape index (κ2) is 12.0. The standard InChI is InChI=1S/C20H25BrN4O.HI/c1-4-23-19(26)17-7-5-6-16(12-17)13-24-20(22-2)25(3)14-15-8-10-18(21)11-9-15;/h5-12H,4,13-14H2,1-3H3,(H,22,24)(H,23,26);1H. The normalized spacial score (nSPS) is 10.7. The Kier molecular flexibility index (Phi) is 10.4. The number of nitrogens with zero attached hydrogens (tertiary/aromatic N) is 2. The van der Waals surface area contributed by atoms with Gasteiger partial charge in [-0.05, 0) is 42.3 Å². The van der Waals surface area contributed by atoms with Crippen LogP contribution < -0.4 is 10.6 Å². The van der Waals surface area contributed by atoms with Crippen LogP contribution in [0.2, 0.25) is 0 Å². The van der Waals surface area contributed by atoms with Crippen molar-refractivity contribution in [1.82, 2.24) is 15.5 Å². The summed E-state index contributed by atoms with van der Waals surface area (Å²) in [5.41, 5.74) is 2.91. The average Bonchev–Trinajstić information content (AvgIpc) is 2.64. The third-order valence-corrected chi connectivity index (χ3v) is 4.41. The van der Waals surface area contributed by atoms with E-state index in [1.165, 1.54) is 5.56 Å². The van der Waals surface area contributed by atoms with Crippen molar-refractivity contribution >= 4 is 51.8 Å². The third kappa shape index (κ3) is 7.50. The number of benzene rings is 2. The average molecular weight is 545 g/mol. The molecular weight excluding hydrogens is 519 g/mol. The van der Waals surface area contributed by atoms with Gasteiger partial charge in [0.25, 0.3) is 5.91 Å². The molecule has 0 atom stereocenters. The van der Waals surface area contributed by atoms with Gasteiger partial charge in [0.15, 0.2) is 5.96 Å². The predicted octanol–water partition coefficient (Wildman–Crippen LogP) is 4.02. The van der Waals surface area contributed by atoms with E-state index >= 15 is 0 Å². The zero-order valence-electron chi connectivity index (χ0n) is 15.8. The van der Waals surface area contributed by atoms with Gasteiger partial charge in [-0.25, -0.2) is 0 Å². The maximum absolute atomic E-state index is 12.0. The molecule has 0 bridgehead atoms. The van der Waals surface area contributed by atoms with Crippen molar-refractivity contribution in [2.75, 3.05) is 20.6 Å². The van der Waals surface area contributed by atoms with Crippen LogP contribution >= 0.6 is 39.9 Å². The molecule has 146 valence electrons. The number of guanidine groups is 1. The van der Waals surface area contributed by atoms with Crippen molar-refractivity contribution in [3.8, 4) is 0 Å². The van der Waals surface area contributed by atoms with Crippen LogP contribution in [0, 0.1) is 0 Å². The van der Waals surface area contributed by atoms with Crippen LogP contribution in [0.5, 0.6) is 0 Å². The number of amides is 1. The Morgan fingerprint density at radius 3 is 2.44 bits per heavy atom.